The van der Waals surface area contributed by atoms with Gasteiger partial charge < -0.3 is 20.8 Å². The van der Waals surface area contributed by atoms with E-state index in [2.05, 4.69) is 11.9 Å². The van der Waals surface area contributed by atoms with Crippen molar-refractivity contribution in [2.24, 2.45) is 28.6 Å². The fraction of sp³-hybridized carbons (Fsp3) is 0.516. The second kappa shape index (κ2) is 9.91. The summed E-state index contributed by atoms with van der Waals surface area (Å²) in [5.41, 5.74) is 5.37. The van der Waals surface area contributed by atoms with E-state index in [4.69, 9.17) is 15.5 Å². The Kier molecular flexibility index (Phi) is 6.77. The summed E-state index contributed by atoms with van der Waals surface area (Å²) in [6.45, 7) is 3.47. The van der Waals surface area contributed by atoms with Gasteiger partial charge in [-0.15, -0.1) is 11.3 Å². The molecular formula is C31H36N2O6S. The van der Waals surface area contributed by atoms with Gasteiger partial charge in [-0.1, -0.05) is 37.6 Å². The van der Waals surface area contributed by atoms with Crippen LogP contribution in [0.1, 0.15) is 56.4 Å². The van der Waals surface area contributed by atoms with Gasteiger partial charge in [0.1, 0.15) is 6.61 Å². The summed E-state index contributed by atoms with van der Waals surface area (Å²) in [4.78, 5) is 42.7. The number of carbonyl (C=O) groups excluding carboxylic acids is 2. The molecule has 0 spiro atoms. The zero-order valence-electron chi connectivity index (χ0n) is 22.8. The van der Waals surface area contributed by atoms with Crippen LogP contribution in [0, 0.1) is 28.6 Å². The number of hydrogen-bond acceptors (Lipinski definition) is 9. The molecule has 0 aliphatic heterocycles. The molecule has 6 rings (SSSR count). The molecule has 1 aromatic carbocycles. The van der Waals surface area contributed by atoms with Crippen molar-refractivity contribution in [3.63, 3.8) is 0 Å². The maximum atomic E-state index is 13.5. The van der Waals surface area contributed by atoms with Crippen molar-refractivity contribution in [3.05, 3.63) is 64.7 Å². The maximum absolute atomic E-state index is 13.5. The number of nitrogens with two attached hydrogens (primary N) is 1. The Bertz CT molecular complexity index is 1380. The maximum Gasteiger partial charge on any atom is 0.194 e. The van der Waals surface area contributed by atoms with Crippen LogP contribution < -0.4 is 10.6 Å². The average Bonchev–Trinajstić information content (AvgIpc) is 3.47. The lowest BCUT2D eigenvalue weighted by Gasteiger charge is -2.59. The number of fused-ring (bicyclic) bond motifs is 5. The number of aromatic nitrogens is 1. The first-order valence-corrected chi connectivity index (χ1v) is 14.8. The van der Waals surface area contributed by atoms with Gasteiger partial charge in [0.25, 0.3) is 0 Å². The van der Waals surface area contributed by atoms with Gasteiger partial charge in [-0.2, -0.15) is 4.89 Å². The Morgan fingerprint density at radius 1 is 1.23 bits per heavy atom. The third-order valence-corrected chi connectivity index (χ3v) is 11.2. The van der Waals surface area contributed by atoms with Crippen LogP contribution in [-0.4, -0.2) is 45.1 Å². The minimum Gasteiger partial charge on any atom is -0.393 e. The SMILES string of the molecule is CC12C=CC(=O)C=C1CCC1C2C(O)CC2(C)C1CCC2(OOc1ccc(Cc2cnc(N)s2)cc1)C(=O)CO. The van der Waals surface area contributed by atoms with Gasteiger partial charge in [-0.25, -0.2) is 4.98 Å². The third kappa shape index (κ3) is 4.17. The van der Waals surface area contributed by atoms with Gasteiger partial charge in [0.2, 0.25) is 0 Å². The molecule has 7 atom stereocenters. The molecule has 3 fully saturated rings. The van der Waals surface area contributed by atoms with E-state index >= 15 is 0 Å². The fourth-order valence-corrected chi connectivity index (χ4v) is 9.19. The number of aliphatic hydroxyl groups excluding tert-OH is 2. The number of ketones is 2. The minimum atomic E-state index is -1.38. The molecule has 2 aromatic rings. The largest absolute Gasteiger partial charge is 0.393 e. The Hall–Kier alpha value is -2.85. The number of rotatable bonds is 7. The number of benzene rings is 1. The highest BCUT2D eigenvalue weighted by atomic mass is 32.1. The number of allylic oxidation sites excluding steroid dienone is 4. The molecule has 4 aliphatic rings. The predicted molar refractivity (Wildman–Crippen MR) is 150 cm³/mol. The molecule has 0 radical (unpaired) electrons. The number of nitrogen functional groups attached to an aromatic ring is 1. The molecule has 3 saturated carbocycles. The molecule has 1 heterocycles. The molecular weight excluding hydrogens is 528 g/mol. The highest BCUT2D eigenvalue weighted by Crippen LogP contribution is 2.67. The summed E-state index contributed by atoms with van der Waals surface area (Å²) >= 11 is 1.45. The number of aliphatic hydroxyl groups is 2. The Balaban J connectivity index is 1.24. The van der Waals surface area contributed by atoms with Crippen molar-refractivity contribution >= 4 is 28.0 Å². The first kappa shape index (κ1) is 27.3. The fourth-order valence-electron chi connectivity index (χ4n) is 8.47. The summed E-state index contributed by atoms with van der Waals surface area (Å²) in [6.07, 6.45) is 10.2. The first-order chi connectivity index (χ1) is 19.1. The molecule has 4 N–H and O–H groups in total. The van der Waals surface area contributed by atoms with Crippen LogP contribution in [0.4, 0.5) is 5.13 Å². The van der Waals surface area contributed by atoms with Crippen molar-refractivity contribution in [1.82, 2.24) is 4.98 Å². The van der Waals surface area contributed by atoms with E-state index in [1.165, 1.54) is 11.3 Å². The van der Waals surface area contributed by atoms with Crippen LogP contribution >= 0.6 is 11.3 Å². The van der Waals surface area contributed by atoms with E-state index in [-0.39, 0.29) is 23.5 Å². The Morgan fingerprint density at radius 3 is 2.70 bits per heavy atom. The number of anilines is 1. The highest BCUT2D eigenvalue weighted by molar-refractivity contribution is 7.15. The number of hydrogen-bond donors (Lipinski definition) is 3. The molecule has 9 heteroatoms. The topological polar surface area (TPSA) is 132 Å². The quantitative estimate of drug-likeness (QED) is 0.337. The standard InChI is InChI=1S/C31H36N2O6S/c1-29-11-9-20(35)14-19(29)5-8-23-24-10-12-31(26(37)17-34,30(24,2)15-25(36)27(23)29)39-38-21-6-3-18(4-7-21)13-22-16-33-28(32)40-22/h3-4,6-7,9,11,14,16,23-25,27,34,36H,5,8,10,12-13,15,17H2,1-2H3,(H2,32,33). The number of thiazole rings is 1. The summed E-state index contributed by atoms with van der Waals surface area (Å²) in [5.74, 6) is 0.215. The van der Waals surface area contributed by atoms with E-state index < -0.39 is 34.9 Å². The molecule has 8 nitrogen and oxygen atoms in total. The summed E-state index contributed by atoms with van der Waals surface area (Å²) in [6, 6.07) is 7.45. The van der Waals surface area contributed by atoms with E-state index in [0.29, 0.717) is 30.1 Å². The van der Waals surface area contributed by atoms with E-state index in [9.17, 15) is 19.8 Å². The number of Topliss-reactive ketones (excluding diaryl/α,β-unsaturated/α-hetero) is 1. The summed E-state index contributed by atoms with van der Waals surface area (Å²) < 4.78 is 0. The van der Waals surface area contributed by atoms with Gasteiger partial charge >= 0.3 is 0 Å². The van der Waals surface area contributed by atoms with Crippen LogP contribution in [0.5, 0.6) is 5.75 Å². The lowest BCUT2D eigenvalue weighted by molar-refractivity contribution is -0.317. The highest BCUT2D eigenvalue weighted by Gasteiger charge is 2.70. The Morgan fingerprint density at radius 2 is 2.00 bits per heavy atom. The van der Waals surface area contributed by atoms with Crippen molar-refractivity contribution in [1.29, 1.82) is 0 Å². The van der Waals surface area contributed by atoms with Crippen LogP contribution in [0.15, 0.2) is 54.3 Å². The molecule has 212 valence electrons. The van der Waals surface area contributed by atoms with Crippen LogP contribution in [0.2, 0.25) is 0 Å². The summed E-state index contributed by atoms with van der Waals surface area (Å²) in [5, 5.41) is 22.3. The second-order valence-electron chi connectivity index (χ2n) is 12.3. The lowest BCUT2D eigenvalue weighted by atomic mass is 9.46. The first-order valence-electron chi connectivity index (χ1n) is 14.0. The molecule has 0 bridgehead atoms. The molecule has 1 aromatic heterocycles. The monoisotopic (exact) mass is 564 g/mol. The molecule has 7 unspecified atom stereocenters. The molecule has 0 amide bonds. The van der Waals surface area contributed by atoms with Crippen molar-refractivity contribution in [3.8, 4) is 5.75 Å². The molecule has 0 saturated heterocycles. The zero-order chi connectivity index (χ0) is 28.3. The van der Waals surface area contributed by atoms with E-state index in [1.807, 2.05) is 25.1 Å². The van der Waals surface area contributed by atoms with Crippen LogP contribution in [0.3, 0.4) is 0 Å². The zero-order valence-corrected chi connectivity index (χ0v) is 23.7. The van der Waals surface area contributed by atoms with Gasteiger partial charge in [0.15, 0.2) is 28.0 Å². The van der Waals surface area contributed by atoms with E-state index in [0.717, 1.165) is 35.3 Å². The van der Waals surface area contributed by atoms with Gasteiger partial charge in [-0.05, 0) is 73.8 Å². The molecule has 4 aliphatic carbocycles. The predicted octanol–water partition coefficient (Wildman–Crippen LogP) is 4.21. The smallest absolute Gasteiger partial charge is 0.194 e. The number of nitrogens with zero attached hydrogens (tertiary/aromatic N) is 1. The van der Waals surface area contributed by atoms with Crippen molar-refractivity contribution in [2.75, 3.05) is 12.3 Å². The van der Waals surface area contributed by atoms with Crippen LogP contribution in [0.25, 0.3) is 0 Å². The third-order valence-electron chi connectivity index (χ3n) is 10.4. The van der Waals surface area contributed by atoms with E-state index in [1.54, 1.807) is 30.5 Å². The Labute approximate surface area is 237 Å². The average molecular weight is 565 g/mol. The number of carbonyl (C=O) groups is 2. The van der Waals surface area contributed by atoms with Crippen molar-refractivity contribution in [2.45, 2.75) is 64.1 Å². The van der Waals surface area contributed by atoms with Gasteiger partial charge in [-0.3, -0.25) is 9.59 Å². The van der Waals surface area contributed by atoms with Crippen LogP contribution in [-0.2, 0) is 20.9 Å². The van der Waals surface area contributed by atoms with Crippen molar-refractivity contribution < 1.29 is 29.6 Å². The van der Waals surface area contributed by atoms with Gasteiger partial charge in [0, 0.05) is 34.2 Å². The lowest BCUT2D eigenvalue weighted by Crippen LogP contribution is -2.62. The molecule has 40 heavy (non-hydrogen) atoms. The summed E-state index contributed by atoms with van der Waals surface area (Å²) in [7, 11) is 0. The van der Waals surface area contributed by atoms with Gasteiger partial charge in [0.05, 0.1) is 6.10 Å². The normalized spacial score (nSPS) is 36.4. The minimum absolute atomic E-state index is 0.00120. The second-order valence-corrected chi connectivity index (χ2v) is 13.5.